The molecule has 2 fully saturated rings. The Kier molecular flexibility index (Phi) is 7.14. The molecule has 1 aromatic carbocycles. The van der Waals surface area contributed by atoms with Gasteiger partial charge < -0.3 is 18.9 Å². The molecular formula is C20H26F2O4. The number of halogens is 2. The molecule has 0 N–H and O–H groups in total. The van der Waals surface area contributed by atoms with Crippen LogP contribution in [-0.4, -0.2) is 39.0 Å². The van der Waals surface area contributed by atoms with Gasteiger partial charge in [-0.05, 0) is 30.5 Å². The standard InChI is InChI=1S/C20H26F2O4/c1-2-3-4-15-10-25-20(26-11-15)16-12-23-19(24-13-16)8-6-14-5-7-17(21)18(22)9-14/h3-5,7,9,15-16,19-20H,2,6,8,10-13H2,1H3. The maximum atomic E-state index is 13.2. The van der Waals surface area contributed by atoms with Crippen LogP contribution in [0, 0.1) is 23.5 Å². The van der Waals surface area contributed by atoms with Gasteiger partial charge in [-0.15, -0.1) is 0 Å². The predicted octanol–water partition coefficient (Wildman–Crippen LogP) is 3.84. The molecule has 0 aliphatic carbocycles. The van der Waals surface area contributed by atoms with Gasteiger partial charge in [0.15, 0.2) is 24.2 Å². The van der Waals surface area contributed by atoms with Crippen molar-refractivity contribution in [3.05, 3.63) is 47.5 Å². The number of hydrogen-bond donors (Lipinski definition) is 0. The van der Waals surface area contributed by atoms with Crippen molar-refractivity contribution in [2.75, 3.05) is 26.4 Å². The van der Waals surface area contributed by atoms with Crippen molar-refractivity contribution >= 4 is 0 Å². The number of rotatable bonds is 6. The van der Waals surface area contributed by atoms with Crippen LogP contribution in [0.3, 0.4) is 0 Å². The lowest BCUT2D eigenvalue weighted by Crippen LogP contribution is -2.44. The highest BCUT2D eigenvalue weighted by Crippen LogP contribution is 2.24. The van der Waals surface area contributed by atoms with Crippen molar-refractivity contribution in [1.82, 2.24) is 0 Å². The van der Waals surface area contributed by atoms with Gasteiger partial charge in [0.05, 0.1) is 32.3 Å². The number of allylic oxidation sites excluding steroid dienone is 1. The first-order valence-corrected chi connectivity index (χ1v) is 9.22. The molecule has 2 aliphatic rings. The zero-order valence-corrected chi connectivity index (χ0v) is 15.0. The minimum Gasteiger partial charge on any atom is -0.352 e. The highest BCUT2D eigenvalue weighted by molar-refractivity contribution is 5.17. The molecule has 144 valence electrons. The minimum atomic E-state index is -0.832. The lowest BCUT2D eigenvalue weighted by atomic mass is 10.1. The molecule has 2 aliphatic heterocycles. The van der Waals surface area contributed by atoms with E-state index in [2.05, 4.69) is 19.1 Å². The summed E-state index contributed by atoms with van der Waals surface area (Å²) in [6, 6.07) is 3.94. The molecule has 0 radical (unpaired) electrons. The summed E-state index contributed by atoms with van der Waals surface area (Å²) in [6.45, 7) is 4.41. The van der Waals surface area contributed by atoms with E-state index < -0.39 is 11.6 Å². The first kappa shape index (κ1) is 19.4. The summed E-state index contributed by atoms with van der Waals surface area (Å²) >= 11 is 0. The number of aryl methyl sites for hydroxylation is 1. The van der Waals surface area contributed by atoms with Gasteiger partial charge in [-0.3, -0.25) is 0 Å². The van der Waals surface area contributed by atoms with Gasteiger partial charge in [0.2, 0.25) is 0 Å². The Morgan fingerprint density at radius 2 is 1.73 bits per heavy atom. The monoisotopic (exact) mass is 368 g/mol. The van der Waals surface area contributed by atoms with Crippen LogP contribution in [0.2, 0.25) is 0 Å². The number of benzene rings is 1. The van der Waals surface area contributed by atoms with Gasteiger partial charge in [0, 0.05) is 12.3 Å². The van der Waals surface area contributed by atoms with Crippen molar-refractivity contribution in [3.63, 3.8) is 0 Å². The molecule has 0 saturated carbocycles. The molecule has 6 heteroatoms. The average molecular weight is 368 g/mol. The maximum Gasteiger partial charge on any atom is 0.164 e. The van der Waals surface area contributed by atoms with Gasteiger partial charge in [0.1, 0.15) is 0 Å². The third-order valence-electron chi connectivity index (χ3n) is 4.62. The summed E-state index contributed by atoms with van der Waals surface area (Å²) < 4.78 is 49.3. The van der Waals surface area contributed by atoms with Gasteiger partial charge in [-0.25, -0.2) is 8.78 Å². The quantitative estimate of drug-likeness (QED) is 0.715. The zero-order valence-electron chi connectivity index (χ0n) is 15.0. The molecule has 0 spiro atoms. The molecule has 26 heavy (non-hydrogen) atoms. The fourth-order valence-electron chi connectivity index (χ4n) is 3.11. The molecule has 3 rings (SSSR count). The summed E-state index contributed by atoms with van der Waals surface area (Å²) in [5.41, 5.74) is 0.725. The molecule has 0 atom stereocenters. The fourth-order valence-corrected chi connectivity index (χ4v) is 3.11. The van der Waals surface area contributed by atoms with E-state index in [1.165, 1.54) is 6.07 Å². The van der Waals surface area contributed by atoms with E-state index in [0.717, 1.165) is 18.1 Å². The fraction of sp³-hybridized carbons (Fsp3) is 0.600. The van der Waals surface area contributed by atoms with Crippen LogP contribution >= 0.6 is 0 Å². The van der Waals surface area contributed by atoms with Crippen LogP contribution in [0.1, 0.15) is 25.3 Å². The third kappa shape index (κ3) is 5.33. The summed E-state index contributed by atoms with van der Waals surface area (Å²) in [5, 5.41) is 0. The SMILES string of the molecule is CCC=CC1COC(C2COC(CCc3ccc(F)c(F)c3)OC2)OC1. The van der Waals surface area contributed by atoms with Crippen molar-refractivity contribution in [1.29, 1.82) is 0 Å². The smallest absolute Gasteiger partial charge is 0.164 e. The highest BCUT2D eigenvalue weighted by Gasteiger charge is 2.33. The Morgan fingerprint density at radius 3 is 2.38 bits per heavy atom. The Balaban J connectivity index is 1.38. The average Bonchev–Trinajstić information content (AvgIpc) is 2.68. The topological polar surface area (TPSA) is 36.9 Å². The molecule has 0 unspecified atom stereocenters. The van der Waals surface area contributed by atoms with Crippen LogP contribution in [0.4, 0.5) is 8.78 Å². The Hall–Kier alpha value is -1.34. The van der Waals surface area contributed by atoms with Crippen LogP contribution < -0.4 is 0 Å². The van der Waals surface area contributed by atoms with Gasteiger partial charge in [0.25, 0.3) is 0 Å². The van der Waals surface area contributed by atoms with Crippen molar-refractivity contribution in [2.24, 2.45) is 11.8 Å². The molecule has 0 aromatic heterocycles. The second-order valence-electron chi connectivity index (χ2n) is 6.77. The van der Waals surface area contributed by atoms with E-state index in [1.807, 2.05) is 0 Å². The van der Waals surface area contributed by atoms with Crippen LogP contribution in [0.15, 0.2) is 30.4 Å². The second kappa shape index (κ2) is 9.55. The molecule has 2 heterocycles. The highest BCUT2D eigenvalue weighted by atomic mass is 19.2. The van der Waals surface area contributed by atoms with E-state index in [4.69, 9.17) is 18.9 Å². The number of hydrogen-bond acceptors (Lipinski definition) is 4. The Morgan fingerprint density at radius 1 is 1.00 bits per heavy atom. The van der Waals surface area contributed by atoms with Crippen molar-refractivity contribution < 1.29 is 27.7 Å². The molecule has 1 aromatic rings. The van der Waals surface area contributed by atoms with Crippen molar-refractivity contribution in [3.8, 4) is 0 Å². The summed E-state index contributed by atoms with van der Waals surface area (Å²) in [7, 11) is 0. The molecule has 2 saturated heterocycles. The van der Waals surface area contributed by atoms with Crippen LogP contribution in [-0.2, 0) is 25.4 Å². The Labute approximate surface area is 153 Å². The maximum absolute atomic E-state index is 13.2. The third-order valence-corrected chi connectivity index (χ3v) is 4.62. The van der Waals surface area contributed by atoms with Crippen molar-refractivity contribution in [2.45, 2.75) is 38.8 Å². The van der Waals surface area contributed by atoms with E-state index in [9.17, 15) is 8.78 Å². The summed E-state index contributed by atoms with van der Waals surface area (Å²) in [6.07, 6.45) is 5.79. The van der Waals surface area contributed by atoms with Gasteiger partial charge in [-0.2, -0.15) is 0 Å². The van der Waals surface area contributed by atoms with Gasteiger partial charge in [-0.1, -0.05) is 25.1 Å². The first-order chi connectivity index (χ1) is 12.7. The van der Waals surface area contributed by atoms with E-state index >= 15 is 0 Å². The lowest BCUT2D eigenvalue weighted by Gasteiger charge is -2.37. The van der Waals surface area contributed by atoms with E-state index in [1.54, 1.807) is 6.07 Å². The molecule has 0 amide bonds. The van der Waals surface area contributed by atoms with Crippen LogP contribution in [0.25, 0.3) is 0 Å². The zero-order chi connectivity index (χ0) is 18.4. The minimum absolute atomic E-state index is 0.0469. The number of ether oxygens (including phenoxy) is 4. The largest absolute Gasteiger partial charge is 0.352 e. The van der Waals surface area contributed by atoms with Crippen LogP contribution in [0.5, 0.6) is 0 Å². The van der Waals surface area contributed by atoms with E-state index in [-0.39, 0.29) is 18.5 Å². The molecular weight excluding hydrogens is 342 g/mol. The Bertz CT molecular complexity index is 591. The normalized spacial score (nSPS) is 30.0. The molecule has 4 nitrogen and oxygen atoms in total. The predicted molar refractivity (Wildman–Crippen MR) is 92.5 cm³/mol. The summed E-state index contributed by atoms with van der Waals surface area (Å²) in [5.74, 6) is -1.31. The van der Waals surface area contributed by atoms with E-state index in [0.29, 0.717) is 45.2 Å². The lowest BCUT2D eigenvalue weighted by molar-refractivity contribution is -0.278. The second-order valence-corrected chi connectivity index (χ2v) is 6.77. The van der Waals surface area contributed by atoms with Gasteiger partial charge >= 0.3 is 0 Å². The first-order valence-electron chi connectivity index (χ1n) is 9.22. The molecule has 0 bridgehead atoms. The summed E-state index contributed by atoms with van der Waals surface area (Å²) in [4.78, 5) is 0.